The first-order valence-electron chi connectivity index (χ1n) is 5.50. The van der Waals surface area contributed by atoms with Crippen LogP contribution in [-0.2, 0) is 6.42 Å². The lowest BCUT2D eigenvalue weighted by Crippen LogP contribution is -2.41. The zero-order valence-electron chi connectivity index (χ0n) is 9.70. The van der Waals surface area contributed by atoms with Gasteiger partial charge in [0.15, 0.2) is 0 Å². The molecule has 0 spiro atoms. The lowest BCUT2D eigenvalue weighted by Gasteiger charge is -2.20. The van der Waals surface area contributed by atoms with E-state index >= 15 is 0 Å². The molecule has 4 heteroatoms. The van der Waals surface area contributed by atoms with Gasteiger partial charge in [0.1, 0.15) is 5.82 Å². The standard InChI is InChI=1S/C12H20FN3/c1-16(9-12(15)8-14)6-5-10-3-2-4-11(13)7-10/h2-4,7,12H,5-6,8-9,14-15H2,1H3. The van der Waals surface area contributed by atoms with Crippen molar-refractivity contribution < 1.29 is 4.39 Å². The minimum absolute atomic E-state index is 0.0116. The Hall–Kier alpha value is -0.970. The van der Waals surface area contributed by atoms with E-state index in [1.165, 1.54) is 6.07 Å². The maximum absolute atomic E-state index is 12.9. The summed E-state index contributed by atoms with van der Waals surface area (Å²) in [4.78, 5) is 2.11. The van der Waals surface area contributed by atoms with Gasteiger partial charge in [-0.2, -0.15) is 0 Å². The summed E-state index contributed by atoms with van der Waals surface area (Å²) in [5.74, 6) is -0.182. The highest BCUT2D eigenvalue weighted by molar-refractivity contribution is 5.16. The van der Waals surface area contributed by atoms with Gasteiger partial charge in [-0.1, -0.05) is 12.1 Å². The van der Waals surface area contributed by atoms with E-state index in [2.05, 4.69) is 4.90 Å². The SMILES string of the molecule is CN(CCc1cccc(F)c1)CC(N)CN. The maximum atomic E-state index is 12.9. The number of nitrogens with two attached hydrogens (primary N) is 2. The minimum atomic E-state index is -0.182. The second-order valence-corrected chi connectivity index (χ2v) is 4.14. The van der Waals surface area contributed by atoms with E-state index in [0.29, 0.717) is 6.54 Å². The van der Waals surface area contributed by atoms with Gasteiger partial charge in [0.2, 0.25) is 0 Å². The zero-order valence-corrected chi connectivity index (χ0v) is 9.70. The predicted octanol–water partition coefficient (Wildman–Crippen LogP) is 0.586. The fourth-order valence-electron chi connectivity index (χ4n) is 1.58. The van der Waals surface area contributed by atoms with Crippen LogP contribution in [0.1, 0.15) is 5.56 Å². The Morgan fingerprint density at radius 1 is 1.44 bits per heavy atom. The molecule has 1 aromatic carbocycles. The molecule has 0 saturated heterocycles. The fraction of sp³-hybridized carbons (Fsp3) is 0.500. The van der Waals surface area contributed by atoms with Crippen LogP contribution in [0.3, 0.4) is 0 Å². The molecule has 0 fully saturated rings. The highest BCUT2D eigenvalue weighted by Crippen LogP contribution is 2.04. The molecular formula is C12H20FN3. The summed E-state index contributed by atoms with van der Waals surface area (Å²) in [6, 6.07) is 6.70. The summed E-state index contributed by atoms with van der Waals surface area (Å²) in [6.07, 6.45) is 0.825. The molecule has 0 aromatic heterocycles. The summed E-state index contributed by atoms with van der Waals surface area (Å²) in [6.45, 7) is 2.12. The van der Waals surface area contributed by atoms with Crippen LogP contribution in [0.4, 0.5) is 4.39 Å². The summed E-state index contributed by atoms with van der Waals surface area (Å²) < 4.78 is 12.9. The lowest BCUT2D eigenvalue weighted by atomic mass is 10.1. The minimum Gasteiger partial charge on any atom is -0.329 e. The van der Waals surface area contributed by atoms with Crippen LogP contribution in [-0.4, -0.2) is 37.6 Å². The smallest absolute Gasteiger partial charge is 0.123 e. The van der Waals surface area contributed by atoms with Gasteiger partial charge in [0, 0.05) is 25.7 Å². The Kier molecular flexibility index (Phi) is 5.38. The van der Waals surface area contributed by atoms with Crippen LogP contribution in [0.15, 0.2) is 24.3 Å². The molecule has 16 heavy (non-hydrogen) atoms. The van der Waals surface area contributed by atoms with Crippen molar-refractivity contribution in [1.29, 1.82) is 0 Å². The van der Waals surface area contributed by atoms with Gasteiger partial charge >= 0.3 is 0 Å². The first-order chi connectivity index (χ1) is 7.61. The predicted molar refractivity (Wildman–Crippen MR) is 64.6 cm³/mol. The van der Waals surface area contributed by atoms with Gasteiger partial charge in [0.05, 0.1) is 0 Å². The van der Waals surface area contributed by atoms with Crippen molar-refractivity contribution in [3.05, 3.63) is 35.6 Å². The van der Waals surface area contributed by atoms with Crippen LogP contribution in [0.5, 0.6) is 0 Å². The number of benzene rings is 1. The monoisotopic (exact) mass is 225 g/mol. The number of rotatable bonds is 6. The van der Waals surface area contributed by atoms with Gasteiger partial charge in [0.25, 0.3) is 0 Å². The molecule has 90 valence electrons. The fourth-order valence-corrected chi connectivity index (χ4v) is 1.58. The Balaban J connectivity index is 2.34. The molecular weight excluding hydrogens is 205 g/mol. The molecule has 0 radical (unpaired) electrons. The molecule has 0 aliphatic carbocycles. The first kappa shape index (κ1) is 13.1. The van der Waals surface area contributed by atoms with Crippen molar-refractivity contribution in [2.24, 2.45) is 11.5 Å². The second-order valence-electron chi connectivity index (χ2n) is 4.14. The quantitative estimate of drug-likeness (QED) is 0.745. The number of halogens is 1. The summed E-state index contributed by atoms with van der Waals surface area (Å²) in [7, 11) is 1.99. The summed E-state index contributed by atoms with van der Waals surface area (Å²) in [5.41, 5.74) is 12.2. The molecule has 3 nitrogen and oxygen atoms in total. The molecule has 0 aliphatic heterocycles. The van der Waals surface area contributed by atoms with Crippen molar-refractivity contribution in [3.63, 3.8) is 0 Å². The van der Waals surface area contributed by atoms with E-state index < -0.39 is 0 Å². The van der Waals surface area contributed by atoms with E-state index in [4.69, 9.17) is 11.5 Å². The highest BCUT2D eigenvalue weighted by atomic mass is 19.1. The topological polar surface area (TPSA) is 55.3 Å². The largest absolute Gasteiger partial charge is 0.329 e. The third-order valence-corrected chi connectivity index (χ3v) is 2.52. The van der Waals surface area contributed by atoms with Gasteiger partial charge in [-0.25, -0.2) is 4.39 Å². The average Bonchev–Trinajstić information content (AvgIpc) is 2.26. The van der Waals surface area contributed by atoms with Crippen molar-refractivity contribution in [2.45, 2.75) is 12.5 Å². The van der Waals surface area contributed by atoms with Gasteiger partial charge in [-0.3, -0.25) is 0 Å². The Morgan fingerprint density at radius 2 is 2.19 bits per heavy atom. The van der Waals surface area contributed by atoms with Gasteiger partial charge < -0.3 is 16.4 Å². The number of likely N-dealkylation sites (N-methyl/N-ethyl adjacent to an activating group) is 1. The third-order valence-electron chi connectivity index (χ3n) is 2.52. The number of nitrogens with zero attached hydrogens (tertiary/aromatic N) is 1. The Bertz CT molecular complexity index is 317. The van der Waals surface area contributed by atoms with Crippen molar-refractivity contribution >= 4 is 0 Å². The molecule has 1 atom stereocenters. The van der Waals surface area contributed by atoms with E-state index in [9.17, 15) is 4.39 Å². The third kappa shape index (κ3) is 4.70. The van der Waals surface area contributed by atoms with Gasteiger partial charge in [-0.05, 0) is 31.2 Å². The highest BCUT2D eigenvalue weighted by Gasteiger charge is 2.05. The molecule has 0 amide bonds. The van der Waals surface area contributed by atoms with Crippen molar-refractivity contribution in [1.82, 2.24) is 4.90 Å². The number of hydrogen-bond acceptors (Lipinski definition) is 3. The van der Waals surface area contributed by atoms with E-state index in [-0.39, 0.29) is 11.9 Å². The summed E-state index contributed by atoms with van der Waals surface area (Å²) >= 11 is 0. The van der Waals surface area contributed by atoms with Crippen molar-refractivity contribution in [2.75, 3.05) is 26.7 Å². The Morgan fingerprint density at radius 3 is 2.81 bits per heavy atom. The molecule has 0 heterocycles. The Labute approximate surface area is 96.2 Å². The molecule has 0 bridgehead atoms. The van der Waals surface area contributed by atoms with E-state index in [0.717, 1.165) is 25.1 Å². The van der Waals surface area contributed by atoms with Crippen molar-refractivity contribution in [3.8, 4) is 0 Å². The molecule has 1 unspecified atom stereocenters. The molecule has 4 N–H and O–H groups in total. The molecule has 1 rings (SSSR count). The van der Waals surface area contributed by atoms with E-state index in [1.54, 1.807) is 12.1 Å². The normalized spacial score (nSPS) is 13.1. The summed E-state index contributed by atoms with van der Waals surface area (Å²) in [5, 5.41) is 0. The molecule has 0 aliphatic rings. The average molecular weight is 225 g/mol. The van der Waals surface area contributed by atoms with E-state index in [1.807, 2.05) is 13.1 Å². The van der Waals surface area contributed by atoms with Crippen LogP contribution >= 0.6 is 0 Å². The maximum Gasteiger partial charge on any atom is 0.123 e. The van der Waals surface area contributed by atoms with Gasteiger partial charge in [-0.15, -0.1) is 0 Å². The number of hydrogen-bond donors (Lipinski definition) is 2. The molecule has 0 saturated carbocycles. The lowest BCUT2D eigenvalue weighted by molar-refractivity contribution is 0.316. The molecule has 1 aromatic rings. The van der Waals surface area contributed by atoms with Crippen LogP contribution in [0, 0.1) is 5.82 Å². The first-order valence-corrected chi connectivity index (χ1v) is 5.50. The van der Waals surface area contributed by atoms with Crippen LogP contribution in [0.25, 0.3) is 0 Å². The zero-order chi connectivity index (χ0) is 12.0. The van der Waals surface area contributed by atoms with Crippen LogP contribution < -0.4 is 11.5 Å². The van der Waals surface area contributed by atoms with Crippen LogP contribution in [0.2, 0.25) is 0 Å². The second kappa shape index (κ2) is 6.58.